The first-order valence-electron chi connectivity index (χ1n) is 4.38. The monoisotopic (exact) mass is 254 g/mol. The summed E-state index contributed by atoms with van der Waals surface area (Å²) >= 11 is 7.02. The Labute approximate surface area is 100 Å². The van der Waals surface area contributed by atoms with E-state index in [9.17, 15) is 4.79 Å². The summed E-state index contributed by atoms with van der Waals surface area (Å²) in [6.07, 6.45) is 1.44. The van der Waals surface area contributed by atoms with Crippen molar-refractivity contribution in [2.24, 2.45) is 0 Å². The van der Waals surface area contributed by atoms with E-state index in [1.807, 2.05) is 0 Å². The van der Waals surface area contributed by atoms with Crippen molar-refractivity contribution in [1.29, 1.82) is 0 Å². The molecule has 0 aliphatic rings. The molecule has 0 aliphatic carbocycles. The molecule has 7 heteroatoms. The minimum atomic E-state index is -0.200. The molecule has 82 valence electrons. The second kappa shape index (κ2) is 4.63. The summed E-state index contributed by atoms with van der Waals surface area (Å²) in [7, 11) is 0. The van der Waals surface area contributed by atoms with Crippen molar-refractivity contribution in [2.45, 2.75) is 17.1 Å². The van der Waals surface area contributed by atoms with E-state index in [4.69, 9.17) is 11.6 Å². The molecule has 1 N–H and O–H groups in total. The Bertz CT molecular complexity index is 551. The molecule has 2 heterocycles. The van der Waals surface area contributed by atoms with Crippen LogP contribution in [0.5, 0.6) is 0 Å². The van der Waals surface area contributed by atoms with Crippen molar-refractivity contribution < 1.29 is 0 Å². The van der Waals surface area contributed by atoms with Gasteiger partial charge in [0, 0.05) is 18.3 Å². The third-order valence-corrected chi connectivity index (χ3v) is 2.64. The maximum absolute atomic E-state index is 11.0. The van der Waals surface area contributed by atoms with Gasteiger partial charge in [-0.15, -0.1) is 0 Å². The first kappa shape index (κ1) is 11.1. The quantitative estimate of drug-likeness (QED) is 0.652. The van der Waals surface area contributed by atoms with Gasteiger partial charge in [0.15, 0.2) is 5.16 Å². The number of nitrogens with one attached hydrogen (secondary N) is 1. The van der Waals surface area contributed by atoms with Gasteiger partial charge in [0.05, 0.1) is 0 Å². The predicted molar refractivity (Wildman–Crippen MR) is 60.8 cm³/mol. The number of hydrogen-bond acceptors (Lipinski definition) is 5. The SMILES string of the molecule is Cc1nc(Cl)cc(Sc2nccc(=O)[nH]2)n1. The minimum Gasteiger partial charge on any atom is -0.301 e. The molecule has 5 nitrogen and oxygen atoms in total. The lowest BCUT2D eigenvalue weighted by Crippen LogP contribution is -2.05. The number of halogens is 1. The Hall–Kier alpha value is -1.40. The normalized spacial score (nSPS) is 10.4. The van der Waals surface area contributed by atoms with Crippen molar-refractivity contribution in [3.63, 3.8) is 0 Å². The highest BCUT2D eigenvalue weighted by atomic mass is 35.5. The van der Waals surface area contributed by atoms with Crippen LogP contribution in [0, 0.1) is 6.92 Å². The minimum absolute atomic E-state index is 0.200. The largest absolute Gasteiger partial charge is 0.301 e. The zero-order chi connectivity index (χ0) is 11.5. The third-order valence-electron chi connectivity index (χ3n) is 1.63. The zero-order valence-electron chi connectivity index (χ0n) is 8.27. The maximum Gasteiger partial charge on any atom is 0.251 e. The van der Waals surface area contributed by atoms with Gasteiger partial charge in [0.1, 0.15) is 16.0 Å². The fourth-order valence-electron chi connectivity index (χ4n) is 1.06. The van der Waals surface area contributed by atoms with Gasteiger partial charge in [-0.1, -0.05) is 11.6 Å². The molecule has 0 radical (unpaired) electrons. The number of nitrogens with zero attached hydrogens (tertiary/aromatic N) is 3. The molecule has 0 aliphatic heterocycles. The Kier molecular flexibility index (Phi) is 3.21. The Morgan fingerprint density at radius 2 is 2.25 bits per heavy atom. The van der Waals surface area contributed by atoms with E-state index < -0.39 is 0 Å². The number of rotatable bonds is 2. The Balaban J connectivity index is 2.30. The van der Waals surface area contributed by atoms with Crippen molar-refractivity contribution in [2.75, 3.05) is 0 Å². The van der Waals surface area contributed by atoms with Crippen LogP contribution in [0.4, 0.5) is 0 Å². The summed E-state index contributed by atoms with van der Waals surface area (Å²) in [4.78, 5) is 25.7. The highest BCUT2D eigenvalue weighted by molar-refractivity contribution is 7.99. The lowest BCUT2D eigenvalue weighted by atomic mass is 10.6. The molecule has 0 aromatic carbocycles. The van der Waals surface area contributed by atoms with E-state index in [0.29, 0.717) is 21.2 Å². The summed E-state index contributed by atoms with van der Waals surface area (Å²) in [6.45, 7) is 1.75. The molecule has 0 fully saturated rings. The van der Waals surface area contributed by atoms with E-state index in [1.54, 1.807) is 13.0 Å². The third kappa shape index (κ3) is 2.80. The van der Waals surface area contributed by atoms with Crippen molar-refractivity contribution >= 4 is 23.4 Å². The smallest absolute Gasteiger partial charge is 0.251 e. The summed E-state index contributed by atoms with van der Waals surface area (Å²) in [5.74, 6) is 0.577. The molecule has 2 aromatic heterocycles. The van der Waals surface area contributed by atoms with Gasteiger partial charge in [0.25, 0.3) is 5.56 Å². The molecule has 0 atom stereocenters. The van der Waals surface area contributed by atoms with E-state index >= 15 is 0 Å². The zero-order valence-corrected chi connectivity index (χ0v) is 9.84. The van der Waals surface area contributed by atoms with Crippen molar-refractivity contribution in [3.05, 3.63) is 39.7 Å². The van der Waals surface area contributed by atoms with Crippen LogP contribution in [0.1, 0.15) is 5.82 Å². The lowest BCUT2D eigenvalue weighted by Gasteiger charge is -2.00. The first-order chi connectivity index (χ1) is 7.63. The summed E-state index contributed by atoms with van der Waals surface area (Å²) in [6, 6.07) is 2.97. The van der Waals surface area contributed by atoms with Gasteiger partial charge in [0.2, 0.25) is 0 Å². The van der Waals surface area contributed by atoms with Crippen LogP contribution >= 0.6 is 23.4 Å². The lowest BCUT2D eigenvalue weighted by molar-refractivity contribution is 0.920. The Morgan fingerprint density at radius 1 is 1.44 bits per heavy atom. The molecule has 0 saturated heterocycles. The van der Waals surface area contributed by atoms with Crippen LogP contribution in [0.2, 0.25) is 5.15 Å². The summed E-state index contributed by atoms with van der Waals surface area (Å²) < 4.78 is 0. The second-order valence-corrected chi connectivity index (χ2v) is 4.31. The number of aryl methyl sites for hydroxylation is 1. The average Bonchev–Trinajstić information content (AvgIpc) is 2.15. The molecule has 0 bridgehead atoms. The molecule has 16 heavy (non-hydrogen) atoms. The standard InChI is InChI=1S/C9H7ClN4OS/c1-5-12-6(10)4-8(13-5)16-9-11-3-2-7(15)14-9/h2-4H,1H3,(H,11,14,15). The van der Waals surface area contributed by atoms with E-state index in [0.717, 1.165) is 0 Å². The van der Waals surface area contributed by atoms with Gasteiger partial charge in [-0.05, 0) is 18.7 Å². The summed E-state index contributed by atoms with van der Waals surface area (Å²) in [5.41, 5.74) is -0.200. The fraction of sp³-hybridized carbons (Fsp3) is 0.111. The predicted octanol–water partition coefficient (Wildman–Crippen LogP) is 1.67. The maximum atomic E-state index is 11.0. The van der Waals surface area contributed by atoms with Crippen LogP contribution in [0.15, 0.2) is 33.3 Å². The molecule has 0 spiro atoms. The van der Waals surface area contributed by atoms with Gasteiger partial charge < -0.3 is 4.98 Å². The molecule has 0 unspecified atom stereocenters. The molecule has 0 amide bonds. The second-order valence-electron chi connectivity index (χ2n) is 2.92. The Morgan fingerprint density at radius 3 is 2.94 bits per heavy atom. The van der Waals surface area contributed by atoms with Gasteiger partial charge in [-0.3, -0.25) is 4.79 Å². The van der Waals surface area contributed by atoms with Gasteiger partial charge >= 0.3 is 0 Å². The van der Waals surface area contributed by atoms with E-state index in [2.05, 4.69) is 19.9 Å². The number of aromatic nitrogens is 4. The summed E-state index contributed by atoms with van der Waals surface area (Å²) in [5, 5.41) is 1.49. The number of H-pyrrole nitrogens is 1. The van der Waals surface area contributed by atoms with E-state index in [-0.39, 0.29) is 5.56 Å². The molecule has 0 saturated carbocycles. The van der Waals surface area contributed by atoms with Crippen LogP contribution in [0.3, 0.4) is 0 Å². The van der Waals surface area contributed by atoms with Crippen LogP contribution in [-0.4, -0.2) is 19.9 Å². The van der Waals surface area contributed by atoms with Gasteiger partial charge in [-0.25, -0.2) is 15.0 Å². The van der Waals surface area contributed by atoms with Gasteiger partial charge in [-0.2, -0.15) is 0 Å². The number of aromatic amines is 1. The first-order valence-corrected chi connectivity index (χ1v) is 5.57. The topological polar surface area (TPSA) is 71.5 Å². The van der Waals surface area contributed by atoms with Crippen molar-refractivity contribution in [3.8, 4) is 0 Å². The van der Waals surface area contributed by atoms with Crippen LogP contribution in [0.25, 0.3) is 0 Å². The molecular weight excluding hydrogens is 248 g/mol. The average molecular weight is 255 g/mol. The molecular formula is C9H7ClN4OS. The highest BCUT2D eigenvalue weighted by Crippen LogP contribution is 2.23. The molecule has 2 aromatic rings. The highest BCUT2D eigenvalue weighted by Gasteiger charge is 2.04. The van der Waals surface area contributed by atoms with Crippen molar-refractivity contribution in [1.82, 2.24) is 19.9 Å². The van der Waals surface area contributed by atoms with E-state index in [1.165, 1.54) is 24.0 Å². The molecule has 2 rings (SSSR count). The fourth-order valence-corrected chi connectivity index (χ4v) is 2.16. The number of hydrogen-bond donors (Lipinski definition) is 1. The van der Waals surface area contributed by atoms with Crippen LogP contribution in [-0.2, 0) is 0 Å². The van der Waals surface area contributed by atoms with Crippen LogP contribution < -0.4 is 5.56 Å².